The Morgan fingerprint density at radius 3 is 2.50 bits per heavy atom. The average molecular weight is 274 g/mol. The first-order chi connectivity index (χ1) is 9.65. The lowest BCUT2D eigenvalue weighted by atomic mass is 10.1. The van der Waals surface area contributed by atoms with Crippen molar-refractivity contribution < 1.29 is 14.7 Å². The van der Waals surface area contributed by atoms with Gasteiger partial charge in [0.1, 0.15) is 0 Å². The third-order valence-electron chi connectivity index (χ3n) is 3.91. The molecule has 5 nitrogen and oxygen atoms in total. The van der Waals surface area contributed by atoms with Crippen LogP contribution in [-0.4, -0.2) is 30.1 Å². The summed E-state index contributed by atoms with van der Waals surface area (Å²) in [4.78, 5) is 25.3. The minimum atomic E-state index is -1.00. The van der Waals surface area contributed by atoms with E-state index in [1.54, 1.807) is 12.1 Å². The van der Waals surface area contributed by atoms with E-state index < -0.39 is 5.97 Å². The Bertz CT molecular complexity index is 546. The number of rotatable bonds is 4. The molecule has 1 heterocycles. The van der Waals surface area contributed by atoms with Crippen LogP contribution in [0, 0.1) is 5.92 Å². The number of nitrogens with one attached hydrogen (secondary N) is 1. The van der Waals surface area contributed by atoms with Crippen LogP contribution >= 0.6 is 0 Å². The molecule has 20 heavy (non-hydrogen) atoms. The summed E-state index contributed by atoms with van der Waals surface area (Å²) in [6, 6.07) is 5.26. The number of nitrogens with zero attached hydrogens (tertiary/aromatic N) is 1. The molecule has 1 saturated carbocycles. The summed E-state index contributed by atoms with van der Waals surface area (Å²) >= 11 is 0. The van der Waals surface area contributed by atoms with Crippen LogP contribution in [0.5, 0.6) is 0 Å². The second-order valence-corrected chi connectivity index (χ2v) is 5.49. The first-order valence-electron chi connectivity index (χ1n) is 7.08. The van der Waals surface area contributed by atoms with E-state index >= 15 is 0 Å². The van der Waals surface area contributed by atoms with Crippen molar-refractivity contribution in [1.82, 2.24) is 0 Å². The second kappa shape index (κ2) is 5.15. The third-order valence-corrected chi connectivity index (χ3v) is 3.91. The summed E-state index contributed by atoms with van der Waals surface area (Å²) in [6.07, 6.45) is 4.09. The molecule has 1 saturated heterocycles. The number of carboxylic acids is 1. The first kappa shape index (κ1) is 13.0. The molecule has 1 aromatic rings. The number of benzene rings is 1. The number of aromatic carboxylic acids is 1. The van der Waals surface area contributed by atoms with Gasteiger partial charge in [-0.1, -0.05) is 0 Å². The average Bonchev–Trinajstić information content (AvgIpc) is 3.15. The van der Waals surface area contributed by atoms with Crippen molar-refractivity contribution in [3.8, 4) is 0 Å². The maximum Gasteiger partial charge on any atom is 0.337 e. The highest BCUT2D eigenvalue weighted by atomic mass is 16.4. The van der Waals surface area contributed by atoms with Gasteiger partial charge in [-0.25, -0.2) is 4.79 Å². The number of amides is 1. The summed E-state index contributed by atoms with van der Waals surface area (Å²) in [6.45, 7) is 1.93. The molecule has 5 heteroatoms. The van der Waals surface area contributed by atoms with E-state index in [-0.39, 0.29) is 17.4 Å². The van der Waals surface area contributed by atoms with E-state index in [4.69, 9.17) is 0 Å². The molecule has 0 aromatic heterocycles. The molecule has 2 N–H and O–H groups in total. The highest BCUT2D eigenvalue weighted by Crippen LogP contribution is 2.32. The van der Waals surface area contributed by atoms with E-state index in [9.17, 15) is 14.7 Å². The van der Waals surface area contributed by atoms with Gasteiger partial charge in [-0.2, -0.15) is 0 Å². The molecule has 1 aliphatic heterocycles. The maximum atomic E-state index is 11.8. The molecule has 0 spiro atoms. The van der Waals surface area contributed by atoms with Gasteiger partial charge in [-0.15, -0.1) is 0 Å². The summed E-state index contributed by atoms with van der Waals surface area (Å²) in [5, 5.41) is 12.1. The summed E-state index contributed by atoms with van der Waals surface area (Å²) in [7, 11) is 0. The van der Waals surface area contributed by atoms with Crippen molar-refractivity contribution in [2.45, 2.75) is 25.7 Å². The molecule has 0 radical (unpaired) electrons. The van der Waals surface area contributed by atoms with Crippen LogP contribution in [0.1, 0.15) is 36.0 Å². The van der Waals surface area contributed by atoms with Gasteiger partial charge in [0.05, 0.1) is 11.3 Å². The number of carboxylic acid groups (broad SMARTS) is 1. The topological polar surface area (TPSA) is 69.6 Å². The molecule has 0 unspecified atom stereocenters. The normalized spacial score (nSPS) is 18.1. The molecule has 1 amide bonds. The number of hydrogen-bond donors (Lipinski definition) is 2. The van der Waals surface area contributed by atoms with Crippen molar-refractivity contribution >= 4 is 23.3 Å². The monoisotopic (exact) mass is 274 g/mol. The third kappa shape index (κ3) is 2.61. The molecule has 0 bridgehead atoms. The highest BCUT2D eigenvalue weighted by molar-refractivity contribution is 6.02. The number of anilines is 2. The van der Waals surface area contributed by atoms with Gasteiger partial charge in [-0.05, 0) is 43.9 Å². The van der Waals surface area contributed by atoms with Crippen molar-refractivity contribution in [2.24, 2.45) is 5.92 Å². The van der Waals surface area contributed by atoms with Gasteiger partial charge in [0.2, 0.25) is 5.91 Å². The van der Waals surface area contributed by atoms with E-state index in [1.165, 1.54) is 0 Å². The Morgan fingerprint density at radius 2 is 1.90 bits per heavy atom. The number of carbonyl (C=O) groups is 2. The fourth-order valence-electron chi connectivity index (χ4n) is 2.57. The SMILES string of the molecule is O=C(O)c1cc(N2CCCC2)ccc1NC(=O)C1CC1. The van der Waals surface area contributed by atoms with Gasteiger partial charge in [0.25, 0.3) is 0 Å². The summed E-state index contributed by atoms with van der Waals surface area (Å²) < 4.78 is 0. The largest absolute Gasteiger partial charge is 0.478 e. The quantitative estimate of drug-likeness (QED) is 0.884. The lowest BCUT2D eigenvalue weighted by molar-refractivity contribution is -0.117. The Morgan fingerprint density at radius 1 is 1.20 bits per heavy atom. The zero-order valence-electron chi connectivity index (χ0n) is 11.3. The van der Waals surface area contributed by atoms with E-state index in [0.717, 1.165) is 44.5 Å². The van der Waals surface area contributed by atoms with Gasteiger partial charge in [-0.3, -0.25) is 4.79 Å². The van der Waals surface area contributed by atoms with Crippen LogP contribution in [0.25, 0.3) is 0 Å². The highest BCUT2D eigenvalue weighted by Gasteiger charge is 2.30. The minimum absolute atomic E-state index is 0.0647. The predicted molar refractivity (Wildman–Crippen MR) is 76.2 cm³/mol. The molecule has 106 valence electrons. The minimum Gasteiger partial charge on any atom is -0.478 e. The zero-order chi connectivity index (χ0) is 14.1. The fourth-order valence-corrected chi connectivity index (χ4v) is 2.57. The molecule has 0 atom stereocenters. The van der Waals surface area contributed by atoms with Crippen LogP contribution in [-0.2, 0) is 4.79 Å². The van der Waals surface area contributed by atoms with Crippen molar-refractivity contribution in [3.05, 3.63) is 23.8 Å². The van der Waals surface area contributed by atoms with Crippen molar-refractivity contribution in [1.29, 1.82) is 0 Å². The molecule has 1 aliphatic carbocycles. The van der Waals surface area contributed by atoms with E-state index in [0.29, 0.717) is 5.69 Å². The second-order valence-electron chi connectivity index (χ2n) is 5.49. The molecule has 2 aliphatic rings. The van der Waals surface area contributed by atoms with Gasteiger partial charge >= 0.3 is 5.97 Å². The zero-order valence-corrected chi connectivity index (χ0v) is 11.3. The van der Waals surface area contributed by atoms with Gasteiger partial charge in [0, 0.05) is 24.7 Å². The Kier molecular flexibility index (Phi) is 3.34. The van der Waals surface area contributed by atoms with Gasteiger partial charge < -0.3 is 15.3 Å². The lowest BCUT2D eigenvalue weighted by Crippen LogP contribution is -2.20. The lowest BCUT2D eigenvalue weighted by Gasteiger charge is -2.19. The Hall–Kier alpha value is -2.04. The maximum absolute atomic E-state index is 11.8. The first-order valence-corrected chi connectivity index (χ1v) is 7.08. The Balaban J connectivity index is 1.85. The molecule has 2 fully saturated rings. The summed E-state index contributed by atoms with van der Waals surface area (Å²) in [5.74, 6) is -1.01. The number of carbonyl (C=O) groups excluding carboxylic acids is 1. The molecular formula is C15H18N2O3. The fraction of sp³-hybridized carbons (Fsp3) is 0.467. The predicted octanol–water partition coefficient (Wildman–Crippen LogP) is 2.33. The van der Waals surface area contributed by atoms with Crippen LogP contribution < -0.4 is 10.2 Å². The van der Waals surface area contributed by atoms with Crippen molar-refractivity contribution in [2.75, 3.05) is 23.3 Å². The smallest absolute Gasteiger partial charge is 0.337 e. The van der Waals surface area contributed by atoms with Crippen LogP contribution in [0.4, 0.5) is 11.4 Å². The molecule has 3 rings (SSSR count). The molecular weight excluding hydrogens is 256 g/mol. The van der Waals surface area contributed by atoms with E-state index in [2.05, 4.69) is 10.2 Å². The number of hydrogen-bond acceptors (Lipinski definition) is 3. The van der Waals surface area contributed by atoms with Gasteiger partial charge in [0.15, 0.2) is 0 Å². The van der Waals surface area contributed by atoms with E-state index in [1.807, 2.05) is 6.07 Å². The van der Waals surface area contributed by atoms with Crippen LogP contribution in [0.2, 0.25) is 0 Å². The van der Waals surface area contributed by atoms with Crippen LogP contribution in [0.15, 0.2) is 18.2 Å². The van der Waals surface area contributed by atoms with Crippen LogP contribution in [0.3, 0.4) is 0 Å². The standard InChI is InChI=1S/C15H18N2O3/c18-14(10-3-4-10)16-13-6-5-11(9-12(13)15(19)20)17-7-1-2-8-17/h5-6,9-10H,1-4,7-8H2,(H,16,18)(H,19,20). The van der Waals surface area contributed by atoms with Crippen molar-refractivity contribution in [3.63, 3.8) is 0 Å². The summed E-state index contributed by atoms with van der Waals surface area (Å²) in [5.41, 5.74) is 1.49. The molecule has 1 aromatic carbocycles. The Labute approximate surface area is 117 Å².